The molecule has 4 rings (SSSR count). The van der Waals surface area contributed by atoms with E-state index >= 15 is 0 Å². The standard InChI is InChI=1S/C28H28ClN5O4/c1-4-25(32(17-16-31(2)3)27(35)19-8-7-9-22(18-19)34(37)38)26-30-24-11-6-5-10-23(24)28(36)33(26)21-14-12-20(29)13-15-21/h5-15,18,25H,4,16-17H2,1-3H3. The van der Waals surface area contributed by atoms with Crippen molar-refractivity contribution in [3.05, 3.63) is 110 Å². The first-order valence-corrected chi connectivity index (χ1v) is 12.6. The summed E-state index contributed by atoms with van der Waals surface area (Å²) in [7, 11) is 3.80. The summed E-state index contributed by atoms with van der Waals surface area (Å²) in [6.07, 6.45) is 0.451. The Morgan fingerprint density at radius 2 is 1.76 bits per heavy atom. The molecule has 0 saturated carbocycles. The number of likely N-dealkylation sites (N-methyl/N-ethyl adjacent to an activating group) is 1. The summed E-state index contributed by atoms with van der Waals surface area (Å²) in [5, 5.41) is 12.4. The van der Waals surface area contributed by atoms with Crippen LogP contribution >= 0.6 is 11.6 Å². The number of carbonyl (C=O) groups is 1. The number of hydrogen-bond acceptors (Lipinski definition) is 6. The number of para-hydroxylation sites is 1. The van der Waals surface area contributed by atoms with Crippen molar-refractivity contribution in [2.24, 2.45) is 0 Å². The fourth-order valence-electron chi connectivity index (χ4n) is 4.38. The quantitative estimate of drug-likeness (QED) is 0.219. The molecule has 38 heavy (non-hydrogen) atoms. The number of aromatic nitrogens is 2. The van der Waals surface area contributed by atoms with Crippen molar-refractivity contribution in [1.82, 2.24) is 19.4 Å². The molecular formula is C28H28ClN5O4. The molecule has 9 nitrogen and oxygen atoms in total. The predicted octanol–water partition coefficient (Wildman–Crippen LogP) is 5.10. The maximum atomic E-state index is 13.9. The van der Waals surface area contributed by atoms with Crippen LogP contribution in [-0.4, -0.2) is 57.4 Å². The fraction of sp³-hybridized carbons (Fsp3) is 0.250. The van der Waals surface area contributed by atoms with E-state index in [9.17, 15) is 19.7 Å². The zero-order valence-corrected chi connectivity index (χ0v) is 22.1. The van der Waals surface area contributed by atoms with Crippen LogP contribution in [0.4, 0.5) is 5.69 Å². The molecule has 0 bridgehead atoms. The van der Waals surface area contributed by atoms with Crippen LogP contribution < -0.4 is 5.56 Å². The Morgan fingerprint density at radius 1 is 1.05 bits per heavy atom. The minimum atomic E-state index is -0.602. The number of rotatable bonds is 9. The summed E-state index contributed by atoms with van der Waals surface area (Å²) in [5.74, 6) is 0.0172. The topological polar surface area (TPSA) is 102 Å². The Morgan fingerprint density at radius 3 is 2.42 bits per heavy atom. The van der Waals surface area contributed by atoms with Gasteiger partial charge in [-0.2, -0.15) is 0 Å². The highest BCUT2D eigenvalue weighted by atomic mass is 35.5. The van der Waals surface area contributed by atoms with Crippen molar-refractivity contribution in [1.29, 1.82) is 0 Å². The van der Waals surface area contributed by atoms with Crippen molar-refractivity contribution in [2.75, 3.05) is 27.2 Å². The van der Waals surface area contributed by atoms with Gasteiger partial charge in [0.2, 0.25) is 0 Å². The number of nitro groups is 1. The lowest BCUT2D eigenvalue weighted by Crippen LogP contribution is -2.41. The van der Waals surface area contributed by atoms with Gasteiger partial charge in [-0.05, 0) is 63.0 Å². The lowest BCUT2D eigenvalue weighted by molar-refractivity contribution is -0.384. The van der Waals surface area contributed by atoms with E-state index in [0.29, 0.717) is 46.9 Å². The van der Waals surface area contributed by atoms with Crippen molar-refractivity contribution < 1.29 is 9.72 Å². The van der Waals surface area contributed by atoms with Gasteiger partial charge in [0, 0.05) is 35.8 Å². The number of halogens is 1. The Hall–Kier alpha value is -4.08. The molecule has 0 spiro atoms. The zero-order chi connectivity index (χ0) is 27.4. The average molecular weight is 534 g/mol. The van der Waals surface area contributed by atoms with Gasteiger partial charge in [0.15, 0.2) is 0 Å². The van der Waals surface area contributed by atoms with Crippen molar-refractivity contribution in [2.45, 2.75) is 19.4 Å². The van der Waals surface area contributed by atoms with Crippen molar-refractivity contribution >= 4 is 34.1 Å². The lowest BCUT2D eigenvalue weighted by Gasteiger charge is -2.33. The Balaban J connectivity index is 1.93. The van der Waals surface area contributed by atoms with Gasteiger partial charge in [0.1, 0.15) is 5.82 Å². The smallest absolute Gasteiger partial charge is 0.270 e. The Bertz CT molecular complexity index is 1530. The molecule has 0 aliphatic carbocycles. The summed E-state index contributed by atoms with van der Waals surface area (Å²) in [6.45, 7) is 2.77. The van der Waals surface area contributed by atoms with Crippen LogP contribution in [0.15, 0.2) is 77.6 Å². The van der Waals surface area contributed by atoms with Crippen LogP contribution in [0.25, 0.3) is 16.6 Å². The molecule has 0 saturated heterocycles. The minimum Gasteiger partial charge on any atom is -0.327 e. The zero-order valence-electron chi connectivity index (χ0n) is 21.4. The van der Waals surface area contributed by atoms with Gasteiger partial charge in [-0.25, -0.2) is 4.98 Å². The number of amides is 1. The van der Waals surface area contributed by atoms with E-state index in [-0.39, 0.29) is 22.7 Å². The Kier molecular flexibility index (Phi) is 8.19. The van der Waals surface area contributed by atoms with Gasteiger partial charge in [0.05, 0.1) is 27.6 Å². The maximum absolute atomic E-state index is 13.9. The van der Waals surface area contributed by atoms with Crippen LogP contribution in [0, 0.1) is 10.1 Å². The molecule has 0 radical (unpaired) electrons. The van der Waals surface area contributed by atoms with Crippen molar-refractivity contribution in [3.63, 3.8) is 0 Å². The number of hydrogen-bond donors (Lipinski definition) is 0. The summed E-state index contributed by atoms with van der Waals surface area (Å²) >= 11 is 6.12. The first-order chi connectivity index (χ1) is 18.2. The van der Waals surface area contributed by atoms with Gasteiger partial charge in [-0.1, -0.05) is 36.7 Å². The summed E-state index contributed by atoms with van der Waals surface area (Å²) in [4.78, 5) is 47.0. The molecule has 0 aliphatic rings. The highest BCUT2D eigenvalue weighted by Gasteiger charge is 2.30. The molecule has 3 aromatic carbocycles. The molecule has 0 N–H and O–H groups in total. The van der Waals surface area contributed by atoms with Crippen LogP contribution in [0.3, 0.4) is 0 Å². The van der Waals surface area contributed by atoms with E-state index in [2.05, 4.69) is 0 Å². The lowest BCUT2D eigenvalue weighted by atomic mass is 10.1. The Labute approximate surface area is 225 Å². The van der Waals surface area contributed by atoms with Gasteiger partial charge in [-0.3, -0.25) is 24.3 Å². The molecular weight excluding hydrogens is 506 g/mol. The fourth-order valence-corrected chi connectivity index (χ4v) is 4.51. The molecule has 4 aromatic rings. The summed E-state index contributed by atoms with van der Waals surface area (Å²) < 4.78 is 1.52. The molecule has 1 aromatic heterocycles. The van der Waals surface area contributed by atoms with Gasteiger partial charge in [-0.15, -0.1) is 0 Å². The third kappa shape index (κ3) is 5.58. The second kappa shape index (κ2) is 11.5. The molecule has 0 fully saturated rings. The third-order valence-electron chi connectivity index (χ3n) is 6.30. The van der Waals surface area contributed by atoms with Crippen LogP contribution in [0.5, 0.6) is 0 Å². The van der Waals surface area contributed by atoms with Crippen LogP contribution in [-0.2, 0) is 0 Å². The number of non-ortho nitro benzene ring substituents is 1. The summed E-state index contributed by atoms with van der Waals surface area (Å²) in [6, 6.07) is 19.0. The highest BCUT2D eigenvalue weighted by molar-refractivity contribution is 6.30. The van der Waals surface area contributed by atoms with E-state index in [1.807, 2.05) is 32.0 Å². The normalized spacial score (nSPS) is 12.0. The second-order valence-electron chi connectivity index (χ2n) is 9.14. The molecule has 0 aliphatic heterocycles. The number of fused-ring (bicyclic) bond motifs is 1. The van der Waals surface area contributed by atoms with Gasteiger partial charge < -0.3 is 9.80 Å². The molecule has 10 heteroatoms. The van der Waals surface area contributed by atoms with E-state index in [0.717, 1.165) is 0 Å². The first-order valence-electron chi connectivity index (χ1n) is 12.2. The maximum Gasteiger partial charge on any atom is 0.270 e. The summed E-state index contributed by atoms with van der Waals surface area (Å²) in [5.41, 5.74) is 0.852. The van der Waals surface area contributed by atoms with Crippen LogP contribution in [0.1, 0.15) is 35.6 Å². The molecule has 1 heterocycles. The SMILES string of the molecule is CCC(c1nc2ccccc2c(=O)n1-c1ccc(Cl)cc1)N(CCN(C)C)C(=O)c1cccc([N+](=O)[O-])c1. The predicted molar refractivity (Wildman–Crippen MR) is 148 cm³/mol. The van der Waals surface area contributed by atoms with Crippen LogP contribution in [0.2, 0.25) is 5.02 Å². The number of benzene rings is 3. The molecule has 1 unspecified atom stereocenters. The average Bonchev–Trinajstić information content (AvgIpc) is 2.91. The number of carbonyl (C=O) groups excluding carboxylic acids is 1. The molecule has 1 atom stereocenters. The second-order valence-corrected chi connectivity index (χ2v) is 9.57. The van der Waals surface area contributed by atoms with E-state index in [4.69, 9.17) is 16.6 Å². The monoisotopic (exact) mass is 533 g/mol. The first kappa shape index (κ1) is 27.0. The molecule has 196 valence electrons. The minimum absolute atomic E-state index is 0.168. The van der Waals surface area contributed by atoms with Gasteiger partial charge in [0.25, 0.3) is 17.2 Å². The third-order valence-corrected chi connectivity index (χ3v) is 6.55. The van der Waals surface area contributed by atoms with E-state index in [1.165, 1.54) is 22.8 Å². The largest absolute Gasteiger partial charge is 0.327 e. The van der Waals surface area contributed by atoms with Gasteiger partial charge >= 0.3 is 0 Å². The number of nitro benzene ring substituents is 1. The number of nitrogens with zero attached hydrogens (tertiary/aromatic N) is 5. The molecule has 1 amide bonds. The van der Waals surface area contributed by atoms with E-state index < -0.39 is 11.0 Å². The van der Waals surface area contributed by atoms with Crippen molar-refractivity contribution in [3.8, 4) is 5.69 Å². The van der Waals surface area contributed by atoms with E-state index in [1.54, 1.807) is 53.4 Å². The highest BCUT2D eigenvalue weighted by Crippen LogP contribution is 2.28.